The zero-order valence-electron chi connectivity index (χ0n) is 12.2. The molecule has 0 aromatic carbocycles. The van der Waals surface area contributed by atoms with Gasteiger partial charge in [0.05, 0.1) is 6.61 Å². The van der Waals surface area contributed by atoms with Crippen LogP contribution in [0, 0.1) is 0 Å². The molecule has 0 bridgehead atoms. The molecule has 1 aromatic rings. The third-order valence-electron chi connectivity index (χ3n) is 4.73. The Kier molecular flexibility index (Phi) is 4.51. The molecule has 0 saturated heterocycles. The molecule has 1 saturated carbocycles. The summed E-state index contributed by atoms with van der Waals surface area (Å²) in [6, 6.07) is 0.560. The van der Waals surface area contributed by atoms with E-state index in [0.29, 0.717) is 12.6 Å². The number of hydrogen-bond donors (Lipinski definition) is 1. The Morgan fingerprint density at radius 1 is 1.05 bits per heavy atom. The van der Waals surface area contributed by atoms with Gasteiger partial charge in [-0.05, 0) is 38.5 Å². The van der Waals surface area contributed by atoms with Crippen LogP contribution in [-0.2, 0) is 12.8 Å². The van der Waals surface area contributed by atoms with Crippen LogP contribution in [-0.4, -0.2) is 34.3 Å². The molecule has 0 aliphatic heterocycles. The molecule has 0 atom stereocenters. The first-order valence-electron chi connectivity index (χ1n) is 8.10. The Morgan fingerprint density at radius 2 is 1.85 bits per heavy atom. The van der Waals surface area contributed by atoms with E-state index in [2.05, 4.69) is 14.9 Å². The minimum absolute atomic E-state index is 0.204. The van der Waals surface area contributed by atoms with E-state index in [1.165, 1.54) is 56.2 Å². The van der Waals surface area contributed by atoms with Gasteiger partial charge >= 0.3 is 0 Å². The predicted octanol–water partition coefficient (Wildman–Crippen LogP) is 2.49. The van der Waals surface area contributed by atoms with Crippen LogP contribution in [0.2, 0.25) is 0 Å². The van der Waals surface area contributed by atoms with Gasteiger partial charge in [-0.3, -0.25) is 0 Å². The molecular weight excluding hydrogens is 250 g/mol. The molecule has 3 rings (SSSR count). The van der Waals surface area contributed by atoms with Crippen molar-refractivity contribution in [3.8, 4) is 0 Å². The van der Waals surface area contributed by atoms with Crippen molar-refractivity contribution in [1.82, 2.24) is 9.97 Å². The second-order valence-electron chi connectivity index (χ2n) is 6.04. The fraction of sp³-hybridized carbons (Fsp3) is 0.750. The second kappa shape index (κ2) is 6.53. The smallest absolute Gasteiger partial charge is 0.135 e. The predicted molar refractivity (Wildman–Crippen MR) is 80.0 cm³/mol. The molecule has 0 amide bonds. The van der Waals surface area contributed by atoms with Crippen molar-refractivity contribution in [2.24, 2.45) is 0 Å². The second-order valence-corrected chi connectivity index (χ2v) is 6.04. The van der Waals surface area contributed by atoms with Gasteiger partial charge in [0, 0.05) is 23.8 Å². The molecule has 110 valence electrons. The summed E-state index contributed by atoms with van der Waals surface area (Å²) in [5, 5.41) is 9.43. The minimum Gasteiger partial charge on any atom is -0.395 e. The van der Waals surface area contributed by atoms with Crippen molar-refractivity contribution in [2.75, 3.05) is 18.1 Å². The fourth-order valence-electron chi connectivity index (χ4n) is 3.71. The van der Waals surface area contributed by atoms with E-state index in [9.17, 15) is 5.11 Å². The highest BCUT2D eigenvalue weighted by Gasteiger charge is 2.26. The maximum atomic E-state index is 9.43. The van der Waals surface area contributed by atoms with Gasteiger partial charge in [0.2, 0.25) is 0 Å². The Balaban J connectivity index is 1.93. The summed E-state index contributed by atoms with van der Waals surface area (Å²) < 4.78 is 0. The molecule has 1 fully saturated rings. The number of nitrogens with zero attached hydrogens (tertiary/aromatic N) is 3. The zero-order valence-corrected chi connectivity index (χ0v) is 12.2. The lowest BCUT2D eigenvalue weighted by Gasteiger charge is -2.31. The normalized spacial score (nSPS) is 19.6. The summed E-state index contributed by atoms with van der Waals surface area (Å²) in [7, 11) is 0. The summed E-state index contributed by atoms with van der Waals surface area (Å²) >= 11 is 0. The fourth-order valence-corrected chi connectivity index (χ4v) is 3.71. The molecule has 0 spiro atoms. The van der Waals surface area contributed by atoms with Gasteiger partial charge in [0.15, 0.2) is 0 Å². The Bertz CT molecular complexity index is 443. The van der Waals surface area contributed by atoms with E-state index in [-0.39, 0.29) is 6.61 Å². The van der Waals surface area contributed by atoms with Gasteiger partial charge < -0.3 is 10.0 Å². The third kappa shape index (κ3) is 2.80. The quantitative estimate of drug-likeness (QED) is 0.858. The van der Waals surface area contributed by atoms with Crippen LogP contribution >= 0.6 is 0 Å². The van der Waals surface area contributed by atoms with E-state index in [4.69, 9.17) is 0 Å². The number of rotatable bonds is 4. The van der Waals surface area contributed by atoms with E-state index < -0.39 is 0 Å². The molecule has 2 aliphatic carbocycles. The highest BCUT2D eigenvalue weighted by Crippen LogP contribution is 2.32. The number of aliphatic hydroxyl groups excluding tert-OH is 1. The number of fused-ring (bicyclic) bond motifs is 1. The number of aromatic nitrogens is 2. The zero-order chi connectivity index (χ0) is 13.8. The number of hydrogen-bond acceptors (Lipinski definition) is 4. The highest BCUT2D eigenvalue weighted by atomic mass is 16.3. The van der Waals surface area contributed by atoms with Crippen LogP contribution in [0.25, 0.3) is 0 Å². The molecule has 20 heavy (non-hydrogen) atoms. The summed E-state index contributed by atoms with van der Waals surface area (Å²) in [5.41, 5.74) is 2.60. The summed E-state index contributed by atoms with van der Waals surface area (Å²) in [6.07, 6.45) is 12.8. The SMILES string of the molecule is OCCN(c1ncnc2c1CCCCC2)C1CCCC1. The van der Waals surface area contributed by atoms with Gasteiger partial charge in [-0.1, -0.05) is 19.3 Å². The molecule has 4 heteroatoms. The maximum absolute atomic E-state index is 9.43. The van der Waals surface area contributed by atoms with Gasteiger partial charge in [0.1, 0.15) is 12.1 Å². The first kappa shape index (κ1) is 13.8. The lowest BCUT2D eigenvalue weighted by molar-refractivity contribution is 0.296. The number of aliphatic hydroxyl groups is 1. The van der Waals surface area contributed by atoms with E-state index in [0.717, 1.165) is 18.7 Å². The minimum atomic E-state index is 0.204. The number of anilines is 1. The van der Waals surface area contributed by atoms with E-state index >= 15 is 0 Å². The first-order chi connectivity index (χ1) is 9.90. The van der Waals surface area contributed by atoms with Gasteiger partial charge in [-0.25, -0.2) is 9.97 Å². The standard InChI is InChI=1S/C16H25N3O/c20-11-10-19(13-6-4-5-7-13)16-14-8-2-1-3-9-15(14)17-12-18-16/h12-13,20H,1-11H2. The molecule has 0 unspecified atom stereocenters. The highest BCUT2D eigenvalue weighted by molar-refractivity contribution is 5.50. The average Bonchev–Trinajstić information content (AvgIpc) is 2.89. The Hall–Kier alpha value is -1.16. The van der Waals surface area contributed by atoms with E-state index in [1.807, 2.05) is 0 Å². The third-order valence-corrected chi connectivity index (χ3v) is 4.73. The van der Waals surface area contributed by atoms with Gasteiger partial charge in [0.25, 0.3) is 0 Å². The van der Waals surface area contributed by atoms with Crippen molar-refractivity contribution in [3.63, 3.8) is 0 Å². The molecule has 1 N–H and O–H groups in total. The molecule has 0 radical (unpaired) electrons. The van der Waals surface area contributed by atoms with E-state index in [1.54, 1.807) is 6.33 Å². The lowest BCUT2D eigenvalue weighted by Crippen LogP contribution is -2.37. The topological polar surface area (TPSA) is 49.2 Å². The average molecular weight is 275 g/mol. The lowest BCUT2D eigenvalue weighted by atomic mass is 10.1. The first-order valence-corrected chi connectivity index (χ1v) is 8.10. The van der Waals surface area contributed by atoms with Crippen molar-refractivity contribution in [1.29, 1.82) is 0 Å². The summed E-state index contributed by atoms with van der Waals surface area (Å²) in [4.78, 5) is 11.5. The van der Waals surface area contributed by atoms with Crippen LogP contribution in [0.4, 0.5) is 5.82 Å². The Labute approximate surface area is 121 Å². The molecule has 2 aliphatic rings. The largest absolute Gasteiger partial charge is 0.395 e. The van der Waals surface area contributed by atoms with Crippen molar-refractivity contribution >= 4 is 5.82 Å². The molecule has 4 nitrogen and oxygen atoms in total. The summed E-state index contributed by atoms with van der Waals surface area (Å²) in [6.45, 7) is 0.906. The Morgan fingerprint density at radius 3 is 2.65 bits per heavy atom. The van der Waals surface area contributed by atoms with Crippen LogP contribution in [0.3, 0.4) is 0 Å². The maximum Gasteiger partial charge on any atom is 0.135 e. The van der Waals surface area contributed by atoms with Crippen LogP contribution < -0.4 is 4.90 Å². The van der Waals surface area contributed by atoms with Crippen molar-refractivity contribution < 1.29 is 5.11 Å². The van der Waals surface area contributed by atoms with Gasteiger partial charge in [-0.15, -0.1) is 0 Å². The summed E-state index contributed by atoms with van der Waals surface area (Å²) in [5.74, 6) is 1.11. The van der Waals surface area contributed by atoms with Crippen LogP contribution in [0.15, 0.2) is 6.33 Å². The van der Waals surface area contributed by atoms with Crippen LogP contribution in [0.5, 0.6) is 0 Å². The molecular formula is C16H25N3O. The number of aryl methyl sites for hydroxylation is 1. The van der Waals surface area contributed by atoms with Gasteiger partial charge in [-0.2, -0.15) is 0 Å². The molecule has 1 aromatic heterocycles. The van der Waals surface area contributed by atoms with Crippen LogP contribution in [0.1, 0.15) is 56.2 Å². The monoisotopic (exact) mass is 275 g/mol. The van der Waals surface area contributed by atoms with Crippen molar-refractivity contribution in [2.45, 2.75) is 63.8 Å². The molecule has 1 heterocycles. The van der Waals surface area contributed by atoms with Crippen molar-refractivity contribution in [3.05, 3.63) is 17.6 Å².